The van der Waals surface area contributed by atoms with E-state index in [-0.39, 0.29) is 5.56 Å². The van der Waals surface area contributed by atoms with Crippen LogP contribution in [0.3, 0.4) is 0 Å². The number of carbonyl (C=O) groups is 1. The van der Waals surface area contributed by atoms with E-state index in [1.165, 1.54) is 30.0 Å². The van der Waals surface area contributed by atoms with Gasteiger partial charge in [-0.1, -0.05) is 61.7 Å². The van der Waals surface area contributed by atoms with E-state index in [9.17, 15) is 9.90 Å². The molecular formula is C31H28N2O3. The summed E-state index contributed by atoms with van der Waals surface area (Å²) in [7, 11) is 0. The highest BCUT2D eigenvalue weighted by atomic mass is 16.5. The molecule has 5 aromatic rings. The van der Waals surface area contributed by atoms with E-state index in [1.807, 2.05) is 18.2 Å². The predicted octanol–water partition coefficient (Wildman–Crippen LogP) is 7.64. The molecule has 0 unspecified atom stereocenters. The zero-order chi connectivity index (χ0) is 24.5. The smallest absolute Gasteiger partial charge is 0.335 e. The van der Waals surface area contributed by atoms with Gasteiger partial charge in [0.25, 0.3) is 0 Å². The number of rotatable bonds is 6. The normalized spacial score (nSPS) is 14.3. The first-order valence-electron chi connectivity index (χ1n) is 12.6. The molecule has 5 heteroatoms. The van der Waals surface area contributed by atoms with E-state index in [0.29, 0.717) is 12.6 Å². The number of carboxylic acids is 1. The van der Waals surface area contributed by atoms with Gasteiger partial charge in [-0.2, -0.15) is 0 Å². The van der Waals surface area contributed by atoms with Crippen molar-refractivity contribution < 1.29 is 14.6 Å². The summed E-state index contributed by atoms with van der Waals surface area (Å²) in [4.78, 5) is 16.5. The van der Waals surface area contributed by atoms with Gasteiger partial charge in [-0.25, -0.2) is 9.78 Å². The highest BCUT2D eigenvalue weighted by Gasteiger charge is 2.23. The number of benzene rings is 4. The minimum absolute atomic E-state index is 0.263. The third-order valence-electron chi connectivity index (χ3n) is 7.26. The van der Waals surface area contributed by atoms with Crippen molar-refractivity contribution in [2.45, 2.75) is 44.8 Å². The van der Waals surface area contributed by atoms with Gasteiger partial charge in [-0.05, 0) is 71.6 Å². The van der Waals surface area contributed by atoms with Gasteiger partial charge in [0.05, 0.1) is 16.6 Å². The SMILES string of the molecule is O=C(O)c1ccc2c(c1)nc(-c1ccc(OCc3cccc4ccccc34)cc1)n2C1CCCCC1. The summed E-state index contributed by atoms with van der Waals surface area (Å²) in [6.07, 6.45) is 5.91. The number of ether oxygens (including phenoxy) is 1. The molecule has 0 saturated heterocycles. The lowest BCUT2D eigenvalue weighted by Crippen LogP contribution is -2.14. The van der Waals surface area contributed by atoms with Crippen molar-refractivity contribution in [3.63, 3.8) is 0 Å². The maximum absolute atomic E-state index is 11.5. The fraction of sp³-hybridized carbons (Fsp3) is 0.226. The number of carboxylic acid groups (broad SMARTS) is 1. The molecule has 0 amide bonds. The summed E-state index contributed by atoms with van der Waals surface area (Å²) in [5, 5.41) is 11.9. The van der Waals surface area contributed by atoms with Crippen LogP contribution in [-0.2, 0) is 6.61 Å². The van der Waals surface area contributed by atoms with Crippen LogP contribution in [-0.4, -0.2) is 20.6 Å². The molecule has 1 saturated carbocycles. The molecule has 0 spiro atoms. The first kappa shape index (κ1) is 22.4. The van der Waals surface area contributed by atoms with Crippen LogP contribution in [0.25, 0.3) is 33.2 Å². The Morgan fingerprint density at radius 2 is 1.69 bits per heavy atom. The molecule has 0 atom stereocenters. The van der Waals surface area contributed by atoms with Crippen molar-refractivity contribution >= 4 is 27.8 Å². The highest BCUT2D eigenvalue weighted by molar-refractivity contribution is 5.93. The molecule has 0 radical (unpaired) electrons. The Balaban J connectivity index is 1.31. The molecular weight excluding hydrogens is 448 g/mol. The fourth-order valence-corrected chi connectivity index (χ4v) is 5.42. The number of hydrogen-bond acceptors (Lipinski definition) is 3. The summed E-state index contributed by atoms with van der Waals surface area (Å²) in [6.45, 7) is 0.499. The molecule has 5 nitrogen and oxygen atoms in total. The first-order valence-corrected chi connectivity index (χ1v) is 12.6. The highest BCUT2D eigenvalue weighted by Crippen LogP contribution is 2.36. The second kappa shape index (κ2) is 9.50. The van der Waals surface area contributed by atoms with Crippen LogP contribution in [0.15, 0.2) is 84.9 Å². The van der Waals surface area contributed by atoms with Crippen LogP contribution in [0, 0.1) is 0 Å². The average molecular weight is 477 g/mol. The van der Waals surface area contributed by atoms with E-state index in [1.54, 1.807) is 12.1 Å². The van der Waals surface area contributed by atoms with Gasteiger partial charge in [0.1, 0.15) is 18.2 Å². The number of aromatic carboxylic acids is 1. The molecule has 180 valence electrons. The van der Waals surface area contributed by atoms with Gasteiger partial charge in [0.2, 0.25) is 0 Å². The Bertz CT molecular complexity index is 1540. The number of aromatic nitrogens is 2. The van der Waals surface area contributed by atoms with Crippen molar-refractivity contribution in [2.24, 2.45) is 0 Å². The fourth-order valence-electron chi connectivity index (χ4n) is 5.42. The first-order chi connectivity index (χ1) is 17.7. The minimum atomic E-state index is -0.932. The van der Waals surface area contributed by atoms with Crippen molar-refractivity contribution in [1.82, 2.24) is 9.55 Å². The molecule has 6 rings (SSSR count). The average Bonchev–Trinajstić information content (AvgIpc) is 3.31. The maximum atomic E-state index is 11.5. The standard InChI is InChI=1S/C31H28N2O3/c34-31(35)23-15-18-29-28(19-23)32-30(33(29)25-10-2-1-3-11-25)22-13-16-26(17-14-22)36-20-24-9-6-8-21-7-4-5-12-27(21)24/h4-9,12-19,25H,1-3,10-11,20H2,(H,34,35). The topological polar surface area (TPSA) is 64.3 Å². The minimum Gasteiger partial charge on any atom is -0.489 e. The van der Waals surface area contributed by atoms with Crippen molar-refractivity contribution in [1.29, 1.82) is 0 Å². The van der Waals surface area contributed by atoms with E-state index in [0.717, 1.165) is 46.6 Å². The van der Waals surface area contributed by atoms with Crippen molar-refractivity contribution in [3.05, 3.63) is 96.1 Å². The second-order valence-electron chi connectivity index (χ2n) is 9.56. The van der Waals surface area contributed by atoms with Crippen LogP contribution in [0.1, 0.15) is 54.1 Å². The summed E-state index contributed by atoms with van der Waals surface area (Å²) in [6, 6.07) is 28.4. The van der Waals surface area contributed by atoms with Gasteiger partial charge >= 0.3 is 5.97 Å². The summed E-state index contributed by atoms with van der Waals surface area (Å²) in [5.74, 6) is 0.763. The monoisotopic (exact) mass is 476 g/mol. The Morgan fingerprint density at radius 1 is 0.917 bits per heavy atom. The predicted molar refractivity (Wildman–Crippen MR) is 143 cm³/mol. The molecule has 1 heterocycles. The van der Waals surface area contributed by atoms with Crippen LogP contribution in [0.4, 0.5) is 0 Å². The largest absolute Gasteiger partial charge is 0.489 e. The van der Waals surface area contributed by atoms with Gasteiger partial charge in [-0.3, -0.25) is 0 Å². The Morgan fingerprint density at radius 3 is 2.50 bits per heavy atom. The van der Waals surface area contributed by atoms with E-state index in [2.05, 4.69) is 59.2 Å². The van der Waals surface area contributed by atoms with Crippen LogP contribution in [0.5, 0.6) is 5.75 Å². The Kier molecular flexibility index (Phi) is 5.90. The molecule has 1 N–H and O–H groups in total. The summed E-state index contributed by atoms with van der Waals surface area (Å²) < 4.78 is 8.47. The molecule has 1 aliphatic rings. The zero-order valence-corrected chi connectivity index (χ0v) is 20.1. The molecule has 4 aromatic carbocycles. The third-order valence-corrected chi connectivity index (χ3v) is 7.26. The van der Waals surface area contributed by atoms with Crippen molar-refractivity contribution in [2.75, 3.05) is 0 Å². The number of imidazole rings is 1. The van der Waals surface area contributed by atoms with E-state index >= 15 is 0 Å². The summed E-state index contributed by atoms with van der Waals surface area (Å²) >= 11 is 0. The zero-order valence-electron chi connectivity index (χ0n) is 20.1. The molecule has 1 aliphatic carbocycles. The third kappa shape index (κ3) is 4.22. The van der Waals surface area contributed by atoms with Gasteiger partial charge < -0.3 is 14.4 Å². The summed E-state index contributed by atoms with van der Waals surface area (Å²) in [5.41, 5.74) is 4.15. The lowest BCUT2D eigenvalue weighted by Gasteiger charge is -2.25. The molecule has 0 aliphatic heterocycles. The molecule has 0 bridgehead atoms. The van der Waals surface area contributed by atoms with Gasteiger partial charge in [0.15, 0.2) is 0 Å². The van der Waals surface area contributed by atoms with Crippen LogP contribution < -0.4 is 4.74 Å². The maximum Gasteiger partial charge on any atom is 0.335 e. The Labute approximate surface area is 210 Å². The molecule has 36 heavy (non-hydrogen) atoms. The lowest BCUT2D eigenvalue weighted by atomic mass is 9.95. The molecule has 1 fully saturated rings. The van der Waals surface area contributed by atoms with Crippen molar-refractivity contribution in [3.8, 4) is 17.1 Å². The number of fused-ring (bicyclic) bond motifs is 2. The second-order valence-corrected chi connectivity index (χ2v) is 9.56. The van der Waals surface area contributed by atoms with Crippen LogP contribution in [0.2, 0.25) is 0 Å². The lowest BCUT2D eigenvalue weighted by molar-refractivity contribution is 0.0697. The van der Waals surface area contributed by atoms with Crippen LogP contribution >= 0.6 is 0 Å². The van der Waals surface area contributed by atoms with Gasteiger partial charge in [-0.15, -0.1) is 0 Å². The Hall–Kier alpha value is -4.12. The van der Waals surface area contributed by atoms with E-state index < -0.39 is 5.97 Å². The van der Waals surface area contributed by atoms with E-state index in [4.69, 9.17) is 9.72 Å². The molecule has 1 aromatic heterocycles. The number of hydrogen-bond donors (Lipinski definition) is 1. The van der Waals surface area contributed by atoms with Gasteiger partial charge in [0, 0.05) is 11.6 Å². The number of nitrogens with zero attached hydrogens (tertiary/aromatic N) is 2. The quantitative estimate of drug-likeness (QED) is 0.273.